The molecule has 0 spiro atoms. The maximum Gasteiger partial charge on any atom is 0.192 e. The Bertz CT molecular complexity index is 773. The highest BCUT2D eigenvalue weighted by atomic mass is 127. The van der Waals surface area contributed by atoms with E-state index in [1.54, 1.807) is 19.1 Å². The molecule has 0 saturated heterocycles. The summed E-state index contributed by atoms with van der Waals surface area (Å²) in [5.41, 5.74) is 1.54. The molecule has 3 rings (SSSR count). The number of aliphatic imine (C=N–C) groups is 1. The van der Waals surface area contributed by atoms with Crippen LogP contribution in [0.1, 0.15) is 49.1 Å². The van der Waals surface area contributed by atoms with Crippen LogP contribution in [0.15, 0.2) is 23.2 Å². The molecule has 26 heavy (non-hydrogen) atoms. The molecule has 2 aromatic rings. The number of nitrogens with zero attached hydrogens (tertiary/aromatic N) is 4. The van der Waals surface area contributed by atoms with Crippen molar-refractivity contribution in [3.8, 4) is 0 Å². The molecule has 1 aromatic heterocycles. The van der Waals surface area contributed by atoms with Gasteiger partial charge in [-0.15, -0.1) is 34.2 Å². The zero-order chi connectivity index (χ0) is 17.8. The van der Waals surface area contributed by atoms with Crippen LogP contribution < -0.4 is 10.6 Å². The van der Waals surface area contributed by atoms with E-state index in [2.05, 4.69) is 30.4 Å². The fourth-order valence-corrected chi connectivity index (χ4v) is 2.96. The number of aryl methyl sites for hydroxylation is 2. The van der Waals surface area contributed by atoms with Crippen LogP contribution >= 0.6 is 24.0 Å². The summed E-state index contributed by atoms with van der Waals surface area (Å²) in [5.74, 6) is 2.43. The Hall–Kier alpha value is -1.71. The van der Waals surface area contributed by atoms with Crippen LogP contribution in [0.2, 0.25) is 0 Å². The molecule has 1 aliphatic heterocycles. The molecule has 8 heteroatoms. The topological polar surface area (TPSA) is 67.1 Å². The number of hydrogen-bond acceptors (Lipinski definition) is 3. The predicted molar refractivity (Wildman–Crippen MR) is 111 cm³/mol. The number of hydrogen-bond donors (Lipinski definition) is 2. The zero-order valence-electron chi connectivity index (χ0n) is 15.4. The van der Waals surface area contributed by atoms with Gasteiger partial charge in [0.2, 0.25) is 0 Å². The van der Waals surface area contributed by atoms with Gasteiger partial charge in [-0.25, -0.2) is 9.38 Å². The molecule has 142 valence electrons. The lowest BCUT2D eigenvalue weighted by atomic mass is 10.1. The molecule has 6 nitrogen and oxygen atoms in total. The number of fused-ring (bicyclic) bond motifs is 1. The molecule has 2 N–H and O–H groups in total. The van der Waals surface area contributed by atoms with Crippen molar-refractivity contribution in [2.45, 2.75) is 52.7 Å². The van der Waals surface area contributed by atoms with E-state index in [0.29, 0.717) is 18.1 Å². The number of benzene rings is 1. The maximum atomic E-state index is 13.8. The first-order valence-electron chi connectivity index (χ1n) is 8.80. The molecule has 1 aliphatic rings. The van der Waals surface area contributed by atoms with Crippen molar-refractivity contribution in [1.82, 2.24) is 25.4 Å². The minimum atomic E-state index is -0.188. The van der Waals surface area contributed by atoms with Crippen molar-refractivity contribution in [2.75, 3.05) is 6.54 Å². The van der Waals surface area contributed by atoms with E-state index in [9.17, 15) is 4.39 Å². The third-order valence-electron chi connectivity index (χ3n) is 4.46. The van der Waals surface area contributed by atoms with Crippen molar-refractivity contribution < 1.29 is 4.39 Å². The van der Waals surface area contributed by atoms with Gasteiger partial charge in [-0.05, 0) is 44.4 Å². The first-order chi connectivity index (χ1) is 12.1. The van der Waals surface area contributed by atoms with E-state index < -0.39 is 0 Å². The number of rotatable bonds is 5. The monoisotopic (exact) mass is 472 g/mol. The molecule has 0 fully saturated rings. The minimum absolute atomic E-state index is 0. The molecule has 0 aliphatic carbocycles. The third kappa shape index (κ3) is 4.72. The van der Waals surface area contributed by atoms with Gasteiger partial charge in [-0.3, -0.25) is 0 Å². The summed E-state index contributed by atoms with van der Waals surface area (Å²) in [4.78, 5) is 4.62. The second-order valence-corrected chi connectivity index (χ2v) is 6.36. The average molecular weight is 472 g/mol. The second kappa shape index (κ2) is 9.29. The highest BCUT2D eigenvalue weighted by Crippen LogP contribution is 2.17. The van der Waals surface area contributed by atoms with Gasteiger partial charge in [-0.1, -0.05) is 12.1 Å². The van der Waals surface area contributed by atoms with E-state index in [0.717, 1.165) is 43.1 Å². The predicted octanol–water partition coefficient (Wildman–Crippen LogP) is 3.11. The Morgan fingerprint density at radius 3 is 2.92 bits per heavy atom. The molecule has 1 unspecified atom stereocenters. The Morgan fingerprint density at radius 2 is 2.19 bits per heavy atom. The first-order valence-corrected chi connectivity index (χ1v) is 8.80. The quantitative estimate of drug-likeness (QED) is 0.399. The highest BCUT2D eigenvalue weighted by Gasteiger charge is 2.17. The Morgan fingerprint density at radius 1 is 1.38 bits per heavy atom. The smallest absolute Gasteiger partial charge is 0.192 e. The Labute approximate surface area is 170 Å². The Balaban J connectivity index is 0.00000243. The molecular formula is C18H26FIN6. The van der Waals surface area contributed by atoms with Gasteiger partial charge in [0, 0.05) is 19.5 Å². The molecule has 0 bridgehead atoms. The van der Waals surface area contributed by atoms with Crippen LogP contribution in [0, 0.1) is 12.7 Å². The van der Waals surface area contributed by atoms with Gasteiger partial charge in [0.15, 0.2) is 11.8 Å². The van der Waals surface area contributed by atoms with E-state index in [1.165, 1.54) is 0 Å². The van der Waals surface area contributed by atoms with Gasteiger partial charge < -0.3 is 15.2 Å². The summed E-state index contributed by atoms with van der Waals surface area (Å²) in [6.07, 6.45) is 2.11. The van der Waals surface area contributed by atoms with Crippen LogP contribution in [0.5, 0.6) is 0 Å². The molecule has 1 atom stereocenters. The van der Waals surface area contributed by atoms with Crippen LogP contribution in [-0.4, -0.2) is 27.3 Å². The van der Waals surface area contributed by atoms with E-state index >= 15 is 0 Å². The van der Waals surface area contributed by atoms with Crippen molar-refractivity contribution in [3.05, 3.63) is 46.8 Å². The van der Waals surface area contributed by atoms with E-state index in [-0.39, 0.29) is 35.8 Å². The standard InChI is InChI=1S/C18H25FN6.HI/c1-4-20-18(21-11-17-24-23-16-6-5-9-25(16)17)22-13(3)14-8-7-12(2)15(19)10-14;/h7-8,10,13H,4-6,9,11H2,1-3H3,(H2,20,21,22);1H. The largest absolute Gasteiger partial charge is 0.357 e. The summed E-state index contributed by atoms with van der Waals surface area (Å²) in [7, 11) is 0. The maximum absolute atomic E-state index is 13.8. The Kier molecular flexibility index (Phi) is 7.36. The van der Waals surface area contributed by atoms with Crippen LogP contribution in [0.3, 0.4) is 0 Å². The fourth-order valence-electron chi connectivity index (χ4n) is 2.96. The molecule has 0 amide bonds. The summed E-state index contributed by atoms with van der Waals surface area (Å²) in [6.45, 7) is 7.96. The average Bonchev–Trinajstić information content (AvgIpc) is 3.19. The first kappa shape index (κ1) is 20.6. The molecular weight excluding hydrogens is 446 g/mol. The van der Waals surface area contributed by atoms with Crippen LogP contribution in [0.25, 0.3) is 0 Å². The molecule has 1 aromatic carbocycles. The SMILES string of the molecule is CCNC(=NCc1nnc2n1CCC2)NC(C)c1ccc(C)c(F)c1.I. The summed E-state index contributed by atoms with van der Waals surface area (Å²) in [5, 5.41) is 15.0. The van der Waals surface area contributed by atoms with Gasteiger partial charge in [0.25, 0.3) is 0 Å². The molecule has 0 radical (unpaired) electrons. The summed E-state index contributed by atoms with van der Waals surface area (Å²) >= 11 is 0. The highest BCUT2D eigenvalue weighted by molar-refractivity contribution is 14.0. The van der Waals surface area contributed by atoms with Crippen LogP contribution in [-0.2, 0) is 19.5 Å². The number of nitrogens with one attached hydrogen (secondary N) is 2. The lowest BCUT2D eigenvalue weighted by Gasteiger charge is -2.18. The van der Waals surface area contributed by atoms with Crippen molar-refractivity contribution in [2.24, 2.45) is 4.99 Å². The van der Waals surface area contributed by atoms with Gasteiger partial charge in [-0.2, -0.15) is 0 Å². The second-order valence-electron chi connectivity index (χ2n) is 6.36. The van der Waals surface area contributed by atoms with Gasteiger partial charge in [0.05, 0.1) is 6.04 Å². The van der Waals surface area contributed by atoms with Crippen molar-refractivity contribution in [3.63, 3.8) is 0 Å². The minimum Gasteiger partial charge on any atom is -0.357 e. The lowest BCUT2D eigenvalue weighted by molar-refractivity contribution is 0.607. The zero-order valence-corrected chi connectivity index (χ0v) is 17.8. The van der Waals surface area contributed by atoms with Gasteiger partial charge in [0.1, 0.15) is 18.2 Å². The summed E-state index contributed by atoms with van der Waals surface area (Å²) < 4.78 is 15.9. The fraction of sp³-hybridized carbons (Fsp3) is 0.500. The number of halogens is 2. The summed E-state index contributed by atoms with van der Waals surface area (Å²) in [6, 6.07) is 5.25. The van der Waals surface area contributed by atoms with Crippen molar-refractivity contribution in [1.29, 1.82) is 0 Å². The molecule has 2 heterocycles. The van der Waals surface area contributed by atoms with Crippen molar-refractivity contribution >= 4 is 29.9 Å². The van der Waals surface area contributed by atoms with Gasteiger partial charge >= 0.3 is 0 Å². The van der Waals surface area contributed by atoms with E-state index in [1.807, 2.05) is 19.9 Å². The lowest BCUT2D eigenvalue weighted by Crippen LogP contribution is -2.38. The van der Waals surface area contributed by atoms with Crippen LogP contribution in [0.4, 0.5) is 4.39 Å². The number of aromatic nitrogens is 3. The van der Waals surface area contributed by atoms with E-state index in [4.69, 9.17) is 0 Å². The number of guanidine groups is 1. The normalized spacial score (nSPS) is 14.5. The molecule has 0 saturated carbocycles. The third-order valence-corrected chi connectivity index (χ3v) is 4.46.